The largest absolute Gasteiger partial charge is 0.319 e. The Hall–Kier alpha value is -1.77. The maximum atomic E-state index is 12.6. The minimum atomic E-state index is -0.645. The maximum Gasteiger partial charge on any atom is 0.242 e. The second-order valence-corrected chi connectivity index (χ2v) is 7.98. The van der Waals surface area contributed by atoms with E-state index in [2.05, 4.69) is 37.3 Å². The molecule has 1 aliphatic rings. The lowest BCUT2D eigenvalue weighted by Gasteiger charge is -2.33. The molecule has 0 saturated carbocycles. The summed E-state index contributed by atoms with van der Waals surface area (Å²) in [5, 5.41) is 9.10. The number of benzene rings is 1. The van der Waals surface area contributed by atoms with Crippen molar-refractivity contribution in [3.63, 3.8) is 0 Å². The normalized spacial score (nSPS) is 18.7. The summed E-state index contributed by atoms with van der Waals surface area (Å²) in [6.45, 7) is 6.49. The lowest BCUT2D eigenvalue weighted by molar-refractivity contribution is -0.132. The van der Waals surface area contributed by atoms with Gasteiger partial charge in [0.2, 0.25) is 5.91 Å². The Morgan fingerprint density at radius 1 is 1.48 bits per heavy atom. The van der Waals surface area contributed by atoms with Gasteiger partial charge >= 0.3 is 0 Å². The summed E-state index contributed by atoms with van der Waals surface area (Å²) >= 11 is 1.67. The van der Waals surface area contributed by atoms with Gasteiger partial charge in [-0.1, -0.05) is 35.9 Å². The highest BCUT2D eigenvalue weighted by molar-refractivity contribution is 7.99. The fourth-order valence-electron chi connectivity index (χ4n) is 2.38. The molecule has 0 aromatic heterocycles. The summed E-state index contributed by atoms with van der Waals surface area (Å²) in [5.74, 6) is 0.636. The molecule has 1 aromatic carbocycles. The maximum absolute atomic E-state index is 12.6. The van der Waals surface area contributed by atoms with Crippen LogP contribution in [0.4, 0.5) is 0 Å². The average Bonchev–Trinajstić information content (AvgIpc) is 3.01. The van der Waals surface area contributed by atoms with Gasteiger partial charge in [0.25, 0.3) is 0 Å². The van der Waals surface area contributed by atoms with Gasteiger partial charge in [0, 0.05) is 17.0 Å². The van der Waals surface area contributed by atoms with E-state index in [-0.39, 0.29) is 5.91 Å². The Morgan fingerprint density at radius 2 is 2.13 bits per heavy atom. The van der Waals surface area contributed by atoms with Gasteiger partial charge in [-0.15, -0.1) is 11.8 Å². The van der Waals surface area contributed by atoms with E-state index in [1.807, 2.05) is 19.9 Å². The third-order valence-electron chi connectivity index (χ3n) is 4.12. The van der Waals surface area contributed by atoms with Gasteiger partial charge in [0.1, 0.15) is 6.04 Å². The SMILES string of the molecule is Cc1ccc(CSC(C)(C)C(N)C(=O)N2CC=C[C@H]2C#N)cc1. The highest BCUT2D eigenvalue weighted by atomic mass is 32.2. The first kappa shape index (κ1) is 17.6. The highest BCUT2D eigenvalue weighted by Crippen LogP contribution is 2.32. The van der Waals surface area contributed by atoms with Crippen LogP contribution in [-0.2, 0) is 10.5 Å². The molecule has 0 fully saturated rings. The Kier molecular flexibility index (Phi) is 5.51. The van der Waals surface area contributed by atoms with Gasteiger partial charge in [-0.25, -0.2) is 0 Å². The number of carbonyl (C=O) groups excluding carboxylic acids is 1. The molecule has 0 bridgehead atoms. The van der Waals surface area contributed by atoms with Crippen LogP contribution in [0.5, 0.6) is 0 Å². The highest BCUT2D eigenvalue weighted by Gasteiger charge is 2.37. The van der Waals surface area contributed by atoms with Gasteiger partial charge in [-0.3, -0.25) is 4.79 Å². The minimum Gasteiger partial charge on any atom is -0.319 e. The molecule has 2 N–H and O–H groups in total. The summed E-state index contributed by atoms with van der Waals surface area (Å²) in [6.07, 6.45) is 3.59. The number of thioether (sulfide) groups is 1. The van der Waals surface area contributed by atoms with E-state index in [0.717, 1.165) is 5.75 Å². The molecular formula is C18H23N3OS. The van der Waals surface area contributed by atoms with Crippen molar-refractivity contribution in [1.29, 1.82) is 5.26 Å². The first-order chi connectivity index (χ1) is 10.8. The molecule has 1 amide bonds. The molecule has 122 valence electrons. The minimum absolute atomic E-state index is 0.164. The van der Waals surface area contributed by atoms with Crippen LogP contribution in [0.25, 0.3) is 0 Å². The molecule has 0 saturated heterocycles. The van der Waals surface area contributed by atoms with Crippen LogP contribution in [0.1, 0.15) is 25.0 Å². The van der Waals surface area contributed by atoms with Gasteiger partial charge in [-0.2, -0.15) is 5.26 Å². The molecule has 1 aromatic rings. The number of carbonyl (C=O) groups is 1. The van der Waals surface area contributed by atoms with Crippen LogP contribution in [0.2, 0.25) is 0 Å². The molecule has 1 heterocycles. The second-order valence-electron chi connectivity index (χ2n) is 6.35. The van der Waals surface area contributed by atoms with Crippen LogP contribution < -0.4 is 5.73 Å². The first-order valence-electron chi connectivity index (χ1n) is 7.67. The van der Waals surface area contributed by atoms with Crippen molar-refractivity contribution in [3.05, 3.63) is 47.5 Å². The standard InChI is InChI=1S/C18H23N3OS/c1-13-6-8-14(9-7-13)12-23-18(2,3)16(20)17(22)21-10-4-5-15(21)11-19/h4-9,15-16H,10,12,20H2,1-3H3/t15-,16?/m0/s1. The van der Waals surface area contributed by atoms with Crippen LogP contribution in [-0.4, -0.2) is 34.2 Å². The van der Waals surface area contributed by atoms with E-state index >= 15 is 0 Å². The Labute approximate surface area is 142 Å². The molecule has 2 atom stereocenters. The van der Waals surface area contributed by atoms with E-state index in [1.165, 1.54) is 11.1 Å². The lowest BCUT2D eigenvalue weighted by Crippen LogP contribution is -2.54. The summed E-state index contributed by atoms with van der Waals surface area (Å²) in [4.78, 5) is 14.2. The zero-order chi connectivity index (χ0) is 17.0. The number of nitrogens with zero attached hydrogens (tertiary/aromatic N) is 2. The molecule has 0 aliphatic carbocycles. The van der Waals surface area contributed by atoms with E-state index in [0.29, 0.717) is 6.54 Å². The van der Waals surface area contributed by atoms with Crippen molar-refractivity contribution in [2.45, 2.75) is 43.4 Å². The predicted molar refractivity (Wildman–Crippen MR) is 94.8 cm³/mol. The third kappa shape index (κ3) is 4.15. The number of nitriles is 1. The fraction of sp³-hybridized carbons (Fsp3) is 0.444. The smallest absolute Gasteiger partial charge is 0.242 e. The topological polar surface area (TPSA) is 70.1 Å². The van der Waals surface area contributed by atoms with Gasteiger partial charge in [-0.05, 0) is 32.4 Å². The molecule has 1 unspecified atom stereocenters. The molecule has 2 rings (SSSR count). The second kappa shape index (κ2) is 7.20. The Bertz CT molecular complexity index is 631. The third-order valence-corrected chi connectivity index (χ3v) is 5.59. The first-order valence-corrected chi connectivity index (χ1v) is 8.65. The Balaban J connectivity index is 1.99. The number of aryl methyl sites for hydroxylation is 1. The van der Waals surface area contributed by atoms with Crippen LogP contribution in [0, 0.1) is 18.3 Å². The zero-order valence-corrected chi connectivity index (χ0v) is 14.6. The molecule has 4 nitrogen and oxygen atoms in total. The molecule has 0 spiro atoms. The molecule has 0 radical (unpaired) electrons. The van der Waals surface area contributed by atoms with Gasteiger partial charge in [0.15, 0.2) is 0 Å². The quantitative estimate of drug-likeness (QED) is 0.843. The molecule has 5 heteroatoms. The van der Waals surface area contributed by atoms with E-state index in [4.69, 9.17) is 11.0 Å². The molecule has 1 aliphatic heterocycles. The predicted octanol–water partition coefficient (Wildman–Crippen LogP) is 2.62. The lowest BCUT2D eigenvalue weighted by atomic mass is 10.0. The monoisotopic (exact) mass is 329 g/mol. The van der Waals surface area contributed by atoms with Crippen molar-refractivity contribution in [1.82, 2.24) is 4.90 Å². The zero-order valence-electron chi connectivity index (χ0n) is 13.8. The van der Waals surface area contributed by atoms with Crippen molar-refractivity contribution >= 4 is 17.7 Å². The van der Waals surface area contributed by atoms with Crippen molar-refractivity contribution in [2.75, 3.05) is 6.54 Å². The van der Waals surface area contributed by atoms with E-state index in [1.54, 1.807) is 22.7 Å². The summed E-state index contributed by atoms with van der Waals surface area (Å²) < 4.78 is -0.412. The average molecular weight is 329 g/mol. The van der Waals surface area contributed by atoms with Crippen molar-refractivity contribution in [2.24, 2.45) is 5.73 Å². The van der Waals surface area contributed by atoms with Crippen LogP contribution in [0.15, 0.2) is 36.4 Å². The van der Waals surface area contributed by atoms with E-state index in [9.17, 15) is 4.79 Å². The number of hydrogen-bond donors (Lipinski definition) is 1. The summed E-state index contributed by atoms with van der Waals surface area (Å²) in [5.41, 5.74) is 8.68. The molecule has 23 heavy (non-hydrogen) atoms. The van der Waals surface area contributed by atoms with Gasteiger partial charge in [0.05, 0.1) is 12.1 Å². The number of hydrogen-bond acceptors (Lipinski definition) is 4. The van der Waals surface area contributed by atoms with Crippen LogP contribution >= 0.6 is 11.8 Å². The summed E-state index contributed by atoms with van der Waals surface area (Å²) in [6, 6.07) is 9.35. The van der Waals surface area contributed by atoms with Gasteiger partial charge < -0.3 is 10.6 Å². The van der Waals surface area contributed by atoms with Crippen LogP contribution in [0.3, 0.4) is 0 Å². The number of amides is 1. The Morgan fingerprint density at radius 3 is 2.74 bits per heavy atom. The fourth-order valence-corrected chi connectivity index (χ4v) is 3.39. The van der Waals surface area contributed by atoms with Crippen molar-refractivity contribution < 1.29 is 4.79 Å². The molecular weight excluding hydrogens is 306 g/mol. The summed E-state index contributed by atoms with van der Waals surface area (Å²) in [7, 11) is 0. The number of nitrogens with two attached hydrogens (primary N) is 1. The van der Waals surface area contributed by atoms with E-state index < -0.39 is 16.8 Å². The van der Waals surface area contributed by atoms with Crippen molar-refractivity contribution in [3.8, 4) is 6.07 Å². The number of rotatable bonds is 5.